The van der Waals surface area contributed by atoms with Crippen molar-refractivity contribution in [2.45, 2.75) is 140 Å². The van der Waals surface area contributed by atoms with Crippen LogP contribution in [0.4, 0.5) is 21.8 Å². The molecule has 1 spiro atoms. The number of aliphatic hydroxyl groups excluding tert-OH is 1. The van der Waals surface area contributed by atoms with E-state index in [-0.39, 0.29) is 59.8 Å². The predicted octanol–water partition coefficient (Wildman–Crippen LogP) is 9.58. The molecule has 3 aromatic heterocycles. The average molecular weight is 1090 g/mol. The molecular formula is C60H70ClFN12O5. The smallest absolute Gasteiger partial charge is 0.234 e. The van der Waals surface area contributed by atoms with Gasteiger partial charge in [0.1, 0.15) is 34.0 Å². The Morgan fingerprint density at radius 1 is 0.937 bits per heavy atom. The molecule has 79 heavy (non-hydrogen) atoms. The monoisotopic (exact) mass is 1090 g/mol. The lowest BCUT2D eigenvalue weighted by atomic mass is 9.49. The molecule has 19 heteroatoms. The highest BCUT2D eigenvalue weighted by Crippen LogP contribution is 2.64. The summed E-state index contributed by atoms with van der Waals surface area (Å²) in [7, 11) is 0. The lowest BCUT2D eigenvalue weighted by Gasteiger charge is -2.60. The molecule has 6 aliphatic rings. The Kier molecular flexibility index (Phi) is 14.1. The third kappa shape index (κ3) is 9.86. The summed E-state index contributed by atoms with van der Waals surface area (Å²) in [6, 6.07) is 23.3. The lowest BCUT2D eigenvalue weighted by molar-refractivity contribution is -0.134. The van der Waals surface area contributed by atoms with Crippen LogP contribution in [-0.4, -0.2) is 120 Å². The minimum absolute atomic E-state index is 0.106. The summed E-state index contributed by atoms with van der Waals surface area (Å²) in [5, 5.41) is 35.0. The number of nitrogens with one attached hydrogen (secondary N) is 1. The number of aliphatic imine (C=N–C) groups is 1. The average Bonchev–Trinajstić information content (AvgIpc) is 4.26. The fraction of sp³-hybridized carbons (Fsp3) is 0.483. The van der Waals surface area contributed by atoms with Gasteiger partial charge < -0.3 is 40.1 Å². The van der Waals surface area contributed by atoms with Crippen molar-refractivity contribution in [3.05, 3.63) is 125 Å². The van der Waals surface area contributed by atoms with Crippen LogP contribution < -0.4 is 21.0 Å². The van der Waals surface area contributed by atoms with Crippen molar-refractivity contribution >= 4 is 40.8 Å². The zero-order valence-corrected chi connectivity index (χ0v) is 46.2. The number of piperidine rings is 1. The van der Waals surface area contributed by atoms with E-state index in [4.69, 9.17) is 41.7 Å². The van der Waals surface area contributed by atoms with Gasteiger partial charge in [0.05, 0.1) is 23.5 Å². The molecule has 6 aromatic rings. The number of rotatable bonds is 13. The number of phenolic OH excluding ortho intramolecular Hbond substituents is 1. The summed E-state index contributed by atoms with van der Waals surface area (Å²) >= 11 is 7.18. The highest BCUT2D eigenvalue weighted by molar-refractivity contribution is 6.32. The maximum Gasteiger partial charge on any atom is 0.234 e. The van der Waals surface area contributed by atoms with Crippen molar-refractivity contribution in [3.63, 3.8) is 0 Å². The Hall–Kier alpha value is -6.73. The van der Waals surface area contributed by atoms with Crippen molar-refractivity contribution in [1.29, 1.82) is 0 Å². The molecule has 5 fully saturated rings. The summed E-state index contributed by atoms with van der Waals surface area (Å²) in [6.45, 7) is 13.8. The van der Waals surface area contributed by atoms with E-state index in [2.05, 4.69) is 49.4 Å². The first kappa shape index (κ1) is 52.9. The van der Waals surface area contributed by atoms with Gasteiger partial charge in [0.2, 0.25) is 17.6 Å². The Morgan fingerprint density at radius 3 is 2.34 bits per heavy atom. The van der Waals surface area contributed by atoms with E-state index in [9.17, 15) is 19.4 Å². The van der Waals surface area contributed by atoms with Gasteiger partial charge in [-0.1, -0.05) is 92.1 Å². The number of hydroxylamine groups is 1. The number of carbonyl (C=O) groups is 1. The standard InChI is InChI=1S/C60H70ClFN12O5/c1-6-41-32-72(48-24-47(67-68-55(48)63)45-12-8-10-14-50(45)76)31-35(4)74(41)58-64-29-39(30-65-58)36-19-21-71(22-20-36)42-27-60(28-42)25-38(26-60)53-52(61)54(78-69-53)51(34(2)3)57(77)73-33-43(75)23-49(73)56-66-59(5,79-70-56)40-17-15-37(16-18-40)44-11-7-9-13-46(44)62/h7-18,24,29-30,34-36,38,41-43,49,51,75-76H,6,19-23,25-28,31-33H2,1-5H3,(H2,63,68)(H,66,70)/t35?,38?,41?,42?,43-,49+,51-,59+,60?/m1/s1. The molecule has 17 nitrogen and oxygen atoms in total. The van der Waals surface area contributed by atoms with Crippen LogP contribution in [-0.2, 0) is 15.4 Å². The van der Waals surface area contributed by atoms with Crippen LogP contribution in [0.3, 0.4) is 0 Å². The van der Waals surface area contributed by atoms with Crippen molar-refractivity contribution in [3.8, 4) is 28.1 Å². The number of amidine groups is 1. The number of piperazine rings is 1. The number of amides is 1. The zero-order chi connectivity index (χ0) is 54.9. The van der Waals surface area contributed by atoms with Gasteiger partial charge in [0.25, 0.3) is 0 Å². The van der Waals surface area contributed by atoms with E-state index >= 15 is 0 Å². The van der Waals surface area contributed by atoms with Gasteiger partial charge in [-0.05, 0) is 125 Å². The van der Waals surface area contributed by atoms with Gasteiger partial charge >= 0.3 is 0 Å². The van der Waals surface area contributed by atoms with Gasteiger partial charge in [0.15, 0.2) is 11.6 Å². The topological polar surface area (TPSA) is 208 Å². The van der Waals surface area contributed by atoms with Gasteiger partial charge in [-0.2, -0.15) is 0 Å². The first-order chi connectivity index (χ1) is 38.1. The number of halogens is 2. The summed E-state index contributed by atoms with van der Waals surface area (Å²) in [5.74, 6) is 1.24. The highest BCUT2D eigenvalue weighted by Gasteiger charge is 2.56. The fourth-order valence-corrected chi connectivity index (χ4v) is 14.2. The van der Waals surface area contributed by atoms with Crippen LogP contribution in [0, 0.1) is 17.2 Å². The number of hydrogen-bond donors (Lipinski definition) is 4. The van der Waals surface area contributed by atoms with E-state index in [1.807, 2.05) is 75.6 Å². The van der Waals surface area contributed by atoms with Crippen LogP contribution in [0.5, 0.6) is 5.75 Å². The minimum atomic E-state index is -1.12. The highest BCUT2D eigenvalue weighted by atomic mass is 35.5. The number of aliphatic hydroxyl groups is 1. The van der Waals surface area contributed by atoms with Crippen LogP contribution in [0.1, 0.15) is 126 Å². The molecule has 4 aliphatic heterocycles. The number of benzene rings is 3. The molecule has 0 radical (unpaired) electrons. The maximum atomic E-state index is 14.7. The van der Waals surface area contributed by atoms with E-state index in [1.54, 1.807) is 35.2 Å². The molecule has 2 saturated carbocycles. The zero-order valence-electron chi connectivity index (χ0n) is 45.5. The summed E-state index contributed by atoms with van der Waals surface area (Å²) in [6.07, 6.45) is 11.0. The molecule has 0 bridgehead atoms. The second kappa shape index (κ2) is 21.1. The number of aromatic nitrogens is 5. The maximum absolute atomic E-state index is 14.7. The van der Waals surface area contributed by atoms with Crippen molar-refractivity contribution in [2.24, 2.45) is 16.3 Å². The summed E-state index contributed by atoms with van der Waals surface area (Å²) in [5.41, 5.74) is 14.5. The molecule has 3 saturated heterocycles. The third-order valence-corrected chi connectivity index (χ3v) is 18.5. The van der Waals surface area contributed by atoms with E-state index in [0.29, 0.717) is 57.8 Å². The molecule has 6 atom stereocenters. The summed E-state index contributed by atoms with van der Waals surface area (Å²) in [4.78, 5) is 44.7. The van der Waals surface area contributed by atoms with Crippen molar-refractivity contribution < 1.29 is 28.8 Å². The quantitative estimate of drug-likeness (QED) is 0.0849. The van der Waals surface area contributed by atoms with E-state index in [0.717, 1.165) is 93.0 Å². The number of nitrogens with two attached hydrogens (primary N) is 1. The molecule has 3 aromatic carbocycles. The number of likely N-dealkylation sites (tertiary alicyclic amines) is 2. The van der Waals surface area contributed by atoms with Gasteiger partial charge in [-0.15, -0.1) is 10.2 Å². The number of nitrogens with zero attached hydrogens (tertiary/aromatic N) is 10. The number of β-amino-alcohol motifs (C(OH)–C–C–N with tert-alkyl or cyclic N) is 1. The van der Waals surface area contributed by atoms with Crippen molar-refractivity contribution in [1.82, 2.24) is 40.6 Å². The Bertz CT molecular complexity index is 3230. The Balaban J connectivity index is 0.632. The number of hydrogen-bond acceptors (Lipinski definition) is 16. The van der Waals surface area contributed by atoms with Gasteiger partial charge in [0, 0.05) is 79.2 Å². The molecule has 2 aliphatic carbocycles. The molecule has 2 unspecified atom stereocenters. The van der Waals surface area contributed by atoms with Gasteiger partial charge in [-0.25, -0.2) is 29.7 Å². The largest absolute Gasteiger partial charge is 0.507 e. The first-order valence-corrected chi connectivity index (χ1v) is 28.5. The van der Waals surface area contributed by atoms with Gasteiger partial charge in [-0.3, -0.25) is 4.79 Å². The van der Waals surface area contributed by atoms with Crippen LogP contribution in [0.2, 0.25) is 5.02 Å². The molecular weight excluding hydrogens is 1020 g/mol. The fourth-order valence-electron chi connectivity index (χ4n) is 13.8. The number of carbonyl (C=O) groups excluding carboxylic acids is 1. The summed E-state index contributed by atoms with van der Waals surface area (Å²) < 4.78 is 20.6. The second-order valence-electron chi connectivity index (χ2n) is 23.6. The Morgan fingerprint density at radius 2 is 1.65 bits per heavy atom. The number of nitrogen functional groups attached to an aromatic ring is 1. The SMILES string of the molecule is CCC1CN(c2cc(-c3ccccc3O)nnc2N)CC(C)N1c1ncc(C2CCN(C3CC4(CC(c5noc([C@H](C(=O)N6C[C@H](O)C[C@H]6C6=N[C@](C)(c7ccc(-c8ccccc8F)cc7)ON6)C(C)C)c5Cl)C4)C3)CC2)cn1. The molecule has 414 valence electrons. The normalized spacial score (nSPS) is 27.7. The number of para-hydroxylation sites is 1. The van der Waals surface area contributed by atoms with Crippen LogP contribution >= 0.6 is 11.6 Å². The van der Waals surface area contributed by atoms with E-state index in [1.165, 1.54) is 11.6 Å². The molecule has 7 heterocycles. The lowest BCUT2D eigenvalue weighted by Crippen LogP contribution is -2.58. The molecule has 1 amide bonds. The Labute approximate surface area is 465 Å². The predicted molar refractivity (Wildman–Crippen MR) is 301 cm³/mol. The molecule has 5 N–H and O–H groups in total. The van der Waals surface area contributed by atoms with Crippen molar-refractivity contribution in [2.75, 3.05) is 48.3 Å². The second-order valence-corrected chi connectivity index (χ2v) is 24.0. The number of aromatic hydroxyl groups is 1. The molecule has 12 rings (SSSR count). The number of phenols is 1. The first-order valence-electron chi connectivity index (χ1n) is 28.1. The third-order valence-electron chi connectivity index (χ3n) is 18.1. The van der Waals surface area contributed by atoms with Crippen LogP contribution in [0.25, 0.3) is 22.4 Å². The van der Waals surface area contributed by atoms with Crippen LogP contribution in [0.15, 0.2) is 101 Å². The number of anilines is 3. The minimum Gasteiger partial charge on any atom is -0.507 e. The van der Waals surface area contributed by atoms with E-state index < -0.39 is 23.8 Å².